The average molecular weight is 258 g/mol. The van der Waals surface area contributed by atoms with Gasteiger partial charge in [0.25, 0.3) is 5.82 Å². The van der Waals surface area contributed by atoms with Crippen molar-refractivity contribution in [3.05, 3.63) is 5.82 Å². The molecule has 0 saturated carbocycles. The van der Waals surface area contributed by atoms with Crippen LogP contribution in [0.1, 0.15) is 32.0 Å². The van der Waals surface area contributed by atoms with Crippen LogP contribution < -0.4 is 0 Å². The fourth-order valence-electron chi connectivity index (χ4n) is 1.09. The topological polar surface area (TPSA) is 43.6 Å². The Balaban J connectivity index is 2.74. The molecule has 0 saturated heterocycles. The van der Waals surface area contributed by atoms with Crippen molar-refractivity contribution in [1.29, 1.82) is 0 Å². The Labute approximate surface area is 93.8 Å². The van der Waals surface area contributed by atoms with Gasteiger partial charge in [-0.3, -0.25) is 0 Å². The maximum Gasteiger partial charge on any atom is 0.461 e. The Morgan fingerprint density at radius 3 is 2.29 bits per heavy atom. The second-order valence-corrected chi connectivity index (χ2v) is 3.49. The molecule has 0 bridgehead atoms. The van der Waals surface area contributed by atoms with Gasteiger partial charge in [0.05, 0.1) is 6.54 Å². The van der Waals surface area contributed by atoms with E-state index in [0.29, 0.717) is 6.42 Å². The highest BCUT2D eigenvalue weighted by atomic mass is 19.4. The summed E-state index contributed by atoms with van der Waals surface area (Å²) in [6, 6.07) is 0. The molecular formula is C8H11F5N4. The van der Waals surface area contributed by atoms with Crippen molar-refractivity contribution in [3.63, 3.8) is 0 Å². The highest BCUT2D eigenvalue weighted by molar-refractivity contribution is 4.95. The lowest BCUT2D eigenvalue weighted by Gasteiger charge is -2.14. The second kappa shape index (κ2) is 4.92. The third-order valence-electron chi connectivity index (χ3n) is 2.05. The largest absolute Gasteiger partial charge is 0.461 e. The van der Waals surface area contributed by atoms with Crippen LogP contribution in [0.25, 0.3) is 0 Å². The molecule has 0 aliphatic rings. The van der Waals surface area contributed by atoms with Crippen molar-refractivity contribution in [3.8, 4) is 0 Å². The summed E-state index contributed by atoms with van der Waals surface area (Å²) in [5, 5.41) is 8.95. The molecule has 1 aromatic rings. The number of alkyl halides is 5. The van der Waals surface area contributed by atoms with Crippen molar-refractivity contribution in [2.75, 3.05) is 0 Å². The summed E-state index contributed by atoms with van der Waals surface area (Å²) in [7, 11) is 0. The van der Waals surface area contributed by atoms with Gasteiger partial charge in [0.2, 0.25) is 0 Å². The molecule has 4 nitrogen and oxygen atoms in total. The van der Waals surface area contributed by atoms with E-state index in [9.17, 15) is 22.0 Å². The molecule has 0 aromatic carbocycles. The minimum atomic E-state index is -5.70. The Hall–Kier alpha value is -1.28. The number of hydrogen-bond donors (Lipinski definition) is 0. The lowest BCUT2D eigenvalue weighted by Crippen LogP contribution is -2.35. The normalized spacial score (nSPS) is 13.1. The zero-order valence-electron chi connectivity index (χ0n) is 9.01. The lowest BCUT2D eigenvalue weighted by atomic mass is 10.2. The third-order valence-corrected chi connectivity index (χ3v) is 2.05. The first kappa shape index (κ1) is 13.8. The van der Waals surface area contributed by atoms with E-state index in [4.69, 9.17) is 0 Å². The van der Waals surface area contributed by atoms with E-state index in [1.54, 1.807) is 0 Å². The van der Waals surface area contributed by atoms with Crippen molar-refractivity contribution >= 4 is 0 Å². The Kier molecular flexibility index (Phi) is 3.99. The minimum absolute atomic E-state index is 0.175. The van der Waals surface area contributed by atoms with Crippen molar-refractivity contribution in [1.82, 2.24) is 20.2 Å². The van der Waals surface area contributed by atoms with Crippen LogP contribution in [0.5, 0.6) is 0 Å². The first-order valence-corrected chi connectivity index (χ1v) is 5.02. The van der Waals surface area contributed by atoms with Crippen molar-refractivity contribution in [2.24, 2.45) is 0 Å². The molecule has 0 unspecified atom stereocenters. The van der Waals surface area contributed by atoms with E-state index in [0.717, 1.165) is 17.6 Å². The van der Waals surface area contributed by atoms with Crippen molar-refractivity contribution < 1.29 is 22.0 Å². The van der Waals surface area contributed by atoms with Crippen LogP contribution in [0.4, 0.5) is 22.0 Å². The zero-order valence-corrected chi connectivity index (χ0v) is 9.01. The third kappa shape index (κ3) is 3.10. The van der Waals surface area contributed by atoms with E-state index in [2.05, 4.69) is 15.4 Å². The Bertz CT molecular complexity index is 359. The number of aromatic nitrogens is 4. The van der Waals surface area contributed by atoms with Gasteiger partial charge in [0.1, 0.15) is 0 Å². The van der Waals surface area contributed by atoms with Crippen LogP contribution in [0, 0.1) is 0 Å². The van der Waals surface area contributed by atoms with E-state index in [1.807, 2.05) is 6.92 Å². The van der Waals surface area contributed by atoms with E-state index in [1.165, 1.54) is 0 Å². The van der Waals surface area contributed by atoms with Crippen LogP contribution in [-0.4, -0.2) is 26.4 Å². The predicted molar refractivity (Wildman–Crippen MR) is 47.3 cm³/mol. The second-order valence-electron chi connectivity index (χ2n) is 3.49. The van der Waals surface area contributed by atoms with Gasteiger partial charge >= 0.3 is 12.1 Å². The highest BCUT2D eigenvalue weighted by Crippen LogP contribution is 2.41. The smallest absolute Gasteiger partial charge is 0.187 e. The van der Waals surface area contributed by atoms with Gasteiger partial charge in [-0.1, -0.05) is 19.8 Å². The van der Waals surface area contributed by atoms with E-state index >= 15 is 0 Å². The summed E-state index contributed by atoms with van der Waals surface area (Å²) < 4.78 is 61.4. The first-order chi connectivity index (χ1) is 7.79. The number of hydrogen-bond acceptors (Lipinski definition) is 3. The number of unbranched alkanes of at least 4 members (excludes halogenated alkanes) is 2. The van der Waals surface area contributed by atoms with E-state index < -0.39 is 17.9 Å². The number of halogens is 5. The molecule has 17 heavy (non-hydrogen) atoms. The molecule has 9 heteroatoms. The molecule has 0 radical (unpaired) electrons. The molecule has 0 atom stereocenters. The zero-order chi connectivity index (χ0) is 13.1. The standard InChI is InChI=1S/C8H11F5N4/c1-2-3-4-5-17-15-6(14-16-17)7(9,10)8(11,12)13/h2-5H2,1H3. The molecule has 1 heterocycles. The summed E-state index contributed by atoms with van der Waals surface area (Å²) in [6.45, 7) is 2.10. The molecular weight excluding hydrogens is 247 g/mol. The molecule has 0 spiro atoms. The summed E-state index contributed by atoms with van der Waals surface area (Å²) in [6.07, 6.45) is -3.40. The SMILES string of the molecule is CCCCCn1nnc(C(F)(F)C(F)(F)F)n1. The van der Waals surface area contributed by atoms with Gasteiger partial charge in [-0.2, -0.15) is 26.7 Å². The highest BCUT2D eigenvalue weighted by Gasteiger charge is 2.62. The Morgan fingerprint density at radius 1 is 1.12 bits per heavy atom. The quantitative estimate of drug-likeness (QED) is 0.602. The van der Waals surface area contributed by atoms with Gasteiger partial charge in [-0.05, 0) is 11.6 Å². The molecule has 0 amide bonds. The summed E-state index contributed by atoms with van der Waals surface area (Å²) in [4.78, 5) is 0.755. The molecule has 0 aliphatic carbocycles. The molecule has 0 N–H and O–H groups in total. The van der Waals surface area contributed by atoms with Gasteiger partial charge in [0, 0.05) is 0 Å². The first-order valence-electron chi connectivity index (χ1n) is 5.02. The Morgan fingerprint density at radius 2 is 1.76 bits per heavy atom. The molecule has 0 aliphatic heterocycles. The monoisotopic (exact) mass is 258 g/mol. The fourth-order valence-corrected chi connectivity index (χ4v) is 1.09. The predicted octanol–water partition coefficient (Wildman–Crippen LogP) is 2.52. The molecule has 1 aromatic heterocycles. The van der Waals surface area contributed by atoms with Gasteiger partial charge in [0.15, 0.2) is 0 Å². The number of rotatable bonds is 5. The molecule has 1 rings (SSSR count). The van der Waals surface area contributed by atoms with Crippen LogP contribution in [0.3, 0.4) is 0 Å². The number of nitrogens with zero attached hydrogens (tertiary/aromatic N) is 4. The van der Waals surface area contributed by atoms with Crippen LogP contribution >= 0.6 is 0 Å². The minimum Gasteiger partial charge on any atom is -0.187 e. The van der Waals surface area contributed by atoms with Crippen LogP contribution in [0.15, 0.2) is 0 Å². The summed E-state index contributed by atoms with van der Waals surface area (Å²) in [5.41, 5.74) is 0. The van der Waals surface area contributed by atoms with Gasteiger partial charge in [-0.15, -0.1) is 10.2 Å². The maximum atomic E-state index is 12.8. The fraction of sp³-hybridized carbons (Fsp3) is 0.875. The summed E-state index contributed by atoms with van der Waals surface area (Å²) >= 11 is 0. The van der Waals surface area contributed by atoms with Crippen LogP contribution in [-0.2, 0) is 12.5 Å². The van der Waals surface area contributed by atoms with Crippen LogP contribution in [0.2, 0.25) is 0 Å². The van der Waals surface area contributed by atoms with Crippen molar-refractivity contribution in [2.45, 2.75) is 44.8 Å². The average Bonchev–Trinajstić information content (AvgIpc) is 2.65. The molecule has 98 valence electrons. The van der Waals surface area contributed by atoms with E-state index in [-0.39, 0.29) is 6.54 Å². The van der Waals surface area contributed by atoms with Gasteiger partial charge < -0.3 is 0 Å². The van der Waals surface area contributed by atoms with Gasteiger partial charge in [-0.25, -0.2) is 0 Å². The summed E-state index contributed by atoms with van der Waals surface area (Å²) in [5.74, 6) is -6.67. The lowest BCUT2D eigenvalue weighted by molar-refractivity contribution is -0.292. The molecule has 0 fully saturated rings. The number of aryl methyl sites for hydroxylation is 1. The maximum absolute atomic E-state index is 12.8. The number of tetrazole rings is 1.